The smallest absolute Gasteiger partial charge is 0.317 e. The summed E-state index contributed by atoms with van der Waals surface area (Å²) in [4.78, 5) is 28.3. The van der Waals surface area contributed by atoms with E-state index >= 15 is 0 Å². The second-order valence-corrected chi connectivity index (χ2v) is 7.77. The van der Waals surface area contributed by atoms with E-state index in [4.69, 9.17) is 11.6 Å². The molecule has 2 fully saturated rings. The van der Waals surface area contributed by atoms with Crippen LogP contribution in [-0.4, -0.2) is 55.6 Å². The van der Waals surface area contributed by atoms with E-state index in [1.54, 1.807) is 4.90 Å². The molecule has 7 heteroatoms. The lowest BCUT2D eigenvalue weighted by molar-refractivity contribution is -0.121. The zero-order chi connectivity index (χ0) is 19.1. The number of hydrogen-bond acceptors (Lipinski definition) is 3. The van der Waals surface area contributed by atoms with Crippen molar-refractivity contribution in [3.8, 4) is 0 Å². The van der Waals surface area contributed by atoms with Gasteiger partial charge in [-0.1, -0.05) is 36.9 Å². The summed E-state index contributed by atoms with van der Waals surface area (Å²) < 4.78 is 0. The third-order valence-electron chi connectivity index (χ3n) is 5.34. The predicted octanol–water partition coefficient (Wildman–Crippen LogP) is 3.01. The van der Waals surface area contributed by atoms with E-state index < -0.39 is 0 Å². The average Bonchev–Trinajstić information content (AvgIpc) is 2.69. The highest BCUT2D eigenvalue weighted by Crippen LogP contribution is 2.21. The predicted molar refractivity (Wildman–Crippen MR) is 108 cm³/mol. The second kappa shape index (κ2) is 9.83. The molecular weight excluding hydrogens is 364 g/mol. The third-order valence-corrected chi connectivity index (χ3v) is 5.57. The number of anilines is 1. The Morgan fingerprint density at radius 3 is 2.52 bits per heavy atom. The number of halogens is 1. The molecule has 0 spiro atoms. The number of nitrogens with zero attached hydrogens (tertiary/aromatic N) is 2. The van der Waals surface area contributed by atoms with Crippen molar-refractivity contribution in [2.75, 3.05) is 37.6 Å². The summed E-state index contributed by atoms with van der Waals surface area (Å²) in [6.07, 6.45) is 6.16. The van der Waals surface area contributed by atoms with Crippen LogP contribution in [0.5, 0.6) is 0 Å². The number of amides is 3. The topological polar surface area (TPSA) is 64.7 Å². The number of urea groups is 1. The molecule has 2 N–H and O–H groups in total. The van der Waals surface area contributed by atoms with Gasteiger partial charge in [-0.15, -0.1) is 0 Å². The summed E-state index contributed by atoms with van der Waals surface area (Å²) in [7, 11) is 0. The van der Waals surface area contributed by atoms with Crippen molar-refractivity contribution in [1.29, 1.82) is 0 Å². The lowest BCUT2D eigenvalue weighted by atomic mass is 9.95. The first-order valence-electron chi connectivity index (χ1n) is 9.94. The van der Waals surface area contributed by atoms with E-state index in [1.807, 2.05) is 24.3 Å². The summed E-state index contributed by atoms with van der Waals surface area (Å²) >= 11 is 6.05. The maximum atomic E-state index is 12.3. The largest absolute Gasteiger partial charge is 0.368 e. The molecular formula is C20H29ClN4O2. The van der Waals surface area contributed by atoms with E-state index in [-0.39, 0.29) is 11.9 Å². The van der Waals surface area contributed by atoms with Gasteiger partial charge in [0.1, 0.15) is 0 Å². The molecule has 0 radical (unpaired) electrons. The van der Waals surface area contributed by atoms with Gasteiger partial charge in [-0.2, -0.15) is 0 Å². The average molecular weight is 393 g/mol. The molecule has 148 valence electrons. The summed E-state index contributed by atoms with van der Waals surface area (Å²) in [5.74, 6) is 0.0352. The standard InChI is InChI=1S/C20H29ClN4O2/c21-16-5-4-8-18(15-16)24-11-13-25(14-12-24)20(27)22-10-9-19(26)23-17-6-2-1-3-7-17/h4-5,8,15,17H,1-3,6-7,9-14H2,(H,22,27)(H,23,26). The van der Waals surface area contributed by atoms with Gasteiger partial charge in [-0.3, -0.25) is 4.79 Å². The fourth-order valence-electron chi connectivity index (χ4n) is 3.78. The maximum Gasteiger partial charge on any atom is 0.317 e. The minimum atomic E-state index is -0.0915. The van der Waals surface area contributed by atoms with Gasteiger partial charge >= 0.3 is 6.03 Å². The Hall–Kier alpha value is -1.95. The first-order chi connectivity index (χ1) is 13.1. The van der Waals surface area contributed by atoms with E-state index in [2.05, 4.69) is 15.5 Å². The van der Waals surface area contributed by atoms with Crippen molar-refractivity contribution in [3.63, 3.8) is 0 Å². The first-order valence-corrected chi connectivity index (χ1v) is 10.3. The van der Waals surface area contributed by atoms with Gasteiger partial charge in [0.05, 0.1) is 0 Å². The highest BCUT2D eigenvalue weighted by molar-refractivity contribution is 6.30. The molecule has 0 bridgehead atoms. The Morgan fingerprint density at radius 1 is 1.07 bits per heavy atom. The third kappa shape index (κ3) is 6.03. The molecule has 1 aromatic carbocycles. The van der Waals surface area contributed by atoms with Crippen molar-refractivity contribution >= 4 is 29.2 Å². The summed E-state index contributed by atoms with van der Waals surface area (Å²) in [6, 6.07) is 8.01. The molecule has 1 aromatic rings. The second-order valence-electron chi connectivity index (χ2n) is 7.34. The minimum Gasteiger partial charge on any atom is -0.368 e. The Kier molecular flexibility index (Phi) is 7.21. The van der Waals surface area contributed by atoms with Crippen molar-refractivity contribution in [3.05, 3.63) is 29.3 Å². The van der Waals surface area contributed by atoms with E-state index in [0.717, 1.165) is 36.6 Å². The van der Waals surface area contributed by atoms with Crippen LogP contribution in [0.25, 0.3) is 0 Å². The summed E-state index contributed by atoms with van der Waals surface area (Å²) in [5.41, 5.74) is 1.09. The highest BCUT2D eigenvalue weighted by atomic mass is 35.5. The van der Waals surface area contributed by atoms with Crippen LogP contribution in [0.3, 0.4) is 0 Å². The quantitative estimate of drug-likeness (QED) is 0.809. The van der Waals surface area contributed by atoms with Crippen molar-refractivity contribution in [2.24, 2.45) is 0 Å². The molecule has 1 aliphatic carbocycles. The van der Waals surface area contributed by atoms with Gasteiger partial charge in [0.15, 0.2) is 0 Å². The van der Waals surface area contributed by atoms with Crippen LogP contribution in [-0.2, 0) is 4.79 Å². The van der Waals surface area contributed by atoms with Gasteiger partial charge in [0.2, 0.25) is 5.91 Å². The number of hydrogen-bond donors (Lipinski definition) is 2. The molecule has 6 nitrogen and oxygen atoms in total. The highest BCUT2D eigenvalue weighted by Gasteiger charge is 2.21. The van der Waals surface area contributed by atoms with Crippen molar-refractivity contribution < 1.29 is 9.59 Å². The van der Waals surface area contributed by atoms with E-state index in [1.165, 1.54) is 19.3 Å². The van der Waals surface area contributed by atoms with E-state index in [0.29, 0.717) is 32.1 Å². The molecule has 1 aliphatic heterocycles. The summed E-state index contributed by atoms with van der Waals surface area (Å²) in [6.45, 7) is 3.25. The van der Waals surface area contributed by atoms with Crippen molar-refractivity contribution in [1.82, 2.24) is 15.5 Å². The Morgan fingerprint density at radius 2 is 1.81 bits per heavy atom. The fourth-order valence-corrected chi connectivity index (χ4v) is 3.97. The molecule has 0 unspecified atom stereocenters. The van der Waals surface area contributed by atoms with Crippen LogP contribution < -0.4 is 15.5 Å². The molecule has 27 heavy (non-hydrogen) atoms. The van der Waals surface area contributed by atoms with Crippen LogP contribution in [0, 0.1) is 0 Å². The zero-order valence-electron chi connectivity index (χ0n) is 15.8. The molecule has 1 saturated heterocycles. The van der Waals surface area contributed by atoms with Gasteiger partial charge in [0, 0.05) is 55.9 Å². The van der Waals surface area contributed by atoms with Gasteiger partial charge in [0.25, 0.3) is 0 Å². The Balaban J connectivity index is 1.34. The minimum absolute atomic E-state index is 0.0352. The normalized spacial score (nSPS) is 18.3. The van der Waals surface area contributed by atoms with Gasteiger partial charge < -0.3 is 20.4 Å². The van der Waals surface area contributed by atoms with Crippen LogP contribution in [0.4, 0.5) is 10.5 Å². The summed E-state index contributed by atoms with van der Waals surface area (Å²) in [5, 5.41) is 6.67. The fraction of sp³-hybridized carbons (Fsp3) is 0.600. The number of piperazine rings is 1. The lowest BCUT2D eigenvalue weighted by Crippen LogP contribution is -2.52. The molecule has 3 rings (SSSR count). The van der Waals surface area contributed by atoms with Crippen molar-refractivity contribution in [2.45, 2.75) is 44.6 Å². The molecule has 1 heterocycles. The molecule has 0 aromatic heterocycles. The van der Waals surface area contributed by atoms with Gasteiger partial charge in [-0.25, -0.2) is 4.79 Å². The monoisotopic (exact) mass is 392 g/mol. The maximum absolute atomic E-state index is 12.3. The number of benzene rings is 1. The number of nitrogens with one attached hydrogen (secondary N) is 2. The first kappa shape index (κ1) is 19.8. The molecule has 0 atom stereocenters. The molecule has 1 saturated carbocycles. The van der Waals surface area contributed by atoms with E-state index in [9.17, 15) is 9.59 Å². The Bertz CT molecular complexity index is 641. The zero-order valence-corrected chi connectivity index (χ0v) is 16.5. The SMILES string of the molecule is O=C(CCNC(=O)N1CCN(c2cccc(Cl)c2)CC1)NC1CCCCC1. The number of carbonyl (C=O) groups excluding carboxylic acids is 2. The van der Waals surface area contributed by atoms with Crippen LogP contribution in [0.2, 0.25) is 5.02 Å². The number of rotatable bonds is 5. The molecule has 3 amide bonds. The van der Waals surface area contributed by atoms with Gasteiger partial charge in [-0.05, 0) is 31.0 Å². The molecule has 2 aliphatic rings. The lowest BCUT2D eigenvalue weighted by Gasteiger charge is -2.36. The number of carbonyl (C=O) groups is 2. The van der Waals surface area contributed by atoms with Crippen LogP contribution in [0.15, 0.2) is 24.3 Å². The van der Waals surface area contributed by atoms with Crippen LogP contribution in [0.1, 0.15) is 38.5 Å². The van der Waals surface area contributed by atoms with Crippen LogP contribution >= 0.6 is 11.6 Å². The Labute approximate surface area is 166 Å².